The number of carbonyl (C=O) groups is 4. The zero-order valence-corrected chi connectivity index (χ0v) is 34.4. The van der Waals surface area contributed by atoms with Crippen molar-refractivity contribution in [3.63, 3.8) is 0 Å². The minimum Gasteiger partial charge on any atom is -0.497 e. The number of Topliss-reactive ketones (excluding diaryl/α,β-unsaturated/α-hetero) is 1. The summed E-state index contributed by atoms with van der Waals surface area (Å²) < 4.78 is 40.4. The largest absolute Gasteiger partial charge is 0.497 e. The van der Waals surface area contributed by atoms with Gasteiger partial charge in [0.2, 0.25) is 27.7 Å². The van der Waals surface area contributed by atoms with Gasteiger partial charge in [-0.2, -0.15) is 0 Å². The second kappa shape index (κ2) is 16.4. The van der Waals surface area contributed by atoms with Gasteiger partial charge in [-0.25, -0.2) is 13.4 Å². The quantitative estimate of drug-likeness (QED) is 0.206. The van der Waals surface area contributed by atoms with E-state index < -0.39 is 50.1 Å². The number of pyridine rings is 1. The number of carbonyl (C=O) groups excluding carboxylic acids is 4. The van der Waals surface area contributed by atoms with Crippen LogP contribution in [-0.4, -0.2) is 90.8 Å². The molecular weight excluding hydrogens is 745 g/mol. The summed E-state index contributed by atoms with van der Waals surface area (Å²) >= 11 is 0. The topological polar surface area (TPSA) is 152 Å². The number of fused-ring (bicyclic) bond motifs is 1. The van der Waals surface area contributed by atoms with E-state index >= 15 is 0 Å². The van der Waals surface area contributed by atoms with Gasteiger partial charge in [-0.1, -0.05) is 63.9 Å². The summed E-state index contributed by atoms with van der Waals surface area (Å²) in [4.78, 5) is 65.5. The van der Waals surface area contributed by atoms with E-state index in [1.54, 1.807) is 12.0 Å². The van der Waals surface area contributed by atoms with Crippen LogP contribution in [0.2, 0.25) is 0 Å². The standard InChI is InChI=1S/C44H56N4O8S/c1-43(2,3)34(25-40(50)47-21-11-6-12-22-47)41(51)48-28-31(24-37(48)38(49)27-44(19-9-10-20-44)42(52)46-57(53,54)32-16-17-32)56-39-26-35(29-13-7-5-8-14-29)45-36-23-30(55-4)15-18-33(36)39/h5,7-8,13-15,18,23,26,31-32,34,37H,6,9-12,16-17,19-22,24-25,27-28H2,1-4H3,(H,46,52)/t31-,34-,37+/m1/s1. The number of nitrogens with one attached hydrogen (secondary N) is 1. The van der Waals surface area contributed by atoms with E-state index in [9.17, 15) is 27.6 Å². The molecule has 1 N–H and O–H groups in total. The second-order valence-electron chi connectivity index (χ2n) is 17.6. The molecule has 0 spiro atoms. The monoisotopic (exact) mass is 800 g/mol. The molecule has 3 atom stereocenters. The fourth-order valence-electron chi connectivity index (χ4n) is 8.87. The van der Waals surface area contributed by atoms with E-state index in [4.69, 9.17) is 14.5 Å². The van der Waals surface area contributed by atoms with Crippen molar-refractivity contribution in [2.45, 2.75) is 115 Å². The Labute approximate surface area is 336 Å². The highest BCUT2D eigenvalue weighted by atomic mass is 32.2. The van der Waals surface area contributed by atoms with Crippen LogP contribution < -0.4 is 14.2 Å². The summed E-state index contributed by atoms with van der Waals surface area (Å²) in [5.41, 5.74) is 0.432. The van der Waals surface area contributed by atoms with Gasteiger partial charge in [0.25, 0.3) is 0 Å². The van der Waals surface area contributed by atoms with Crippen LogP contribution >= 0.6 is 0 Å². The Kier molecular flexibility index (Phi) is 11.7. The van der Waals surface area contributed by atoms with E-state index in [1.807, 2.05) is 80.3 Å². The molecule has 3 amide bonds. The second-order valence-corrected chi connectivity index (χ2v) is 19.6. The summed E-state index contributed by atoms with van der Waals surface area (Å²) in [6.07, 6.45) is 5.50. The Morgan fingerprint density at radius 3 is 2.30 bits per heavy atom. The highest BCUT2D eigenvalue weighted by Crippen LogP contribution is 2.44. The Balaban J connectivity index is 1.21. The summed E-state index contributed by atoms with van der Waals surface area (Å²) in [7, 11) is -2.23. The summed E-state index contributed by atoms with van der Waals surface area (Å²) in [6, 6.07) is 16.2. The zero-order chi connectivity index (χ0) is 40.5. The maximum atomic E-state index is 14.9. The van der Waals surface area contributed by atoms with Crippen molar-refractivity contribution in [2.24, 2.45) is 16.7 Å². The van der Waals surface area contributed by atoms with E-state index in [1.165, 1.54) is 0 Å². The molecule has 3 heterocycles. The minimum absolute atomic E-state index is 0.0217. The molecule has 7 rings (SSSR count). The number of amides is 3. The third kappa shape index (κ3) is 8.98. The van der Waals surface area contributed by atoms with Crippen LogP contribution in [0.3, 0.4) is 0 Å². The number of benzene rings is 2. The van der Waals surface area contributed by atoms with E-state index in [0.717, 1.165) is 30.2 Å². The maximum absolute atomic E-state index is 14.9. The lowest BCUT2D eigenvalue weighted by Crippen LogP contribution is -2.50. The highest BCUT2D eigenvalue weighted by molar-refractivity contribution is 7.90. The molecule has 2 saturated carbocycles. The number of rotatable bonds is 13. The van der Waals surface area contributed by atoms with Crippen molar-refractivity contribution in [3.05, 3.63) is 54.6 Å². The van der Waals surface area contributed by atoms with Gasteiger partial charge in [-0.3, -0.25) is 23.9 Å². The number of nitrogens with zero attached hydrogens (tertiary/aromatic N) is 3. The number of aromatic nitrogens is 1. The predicted molar refractivity (Wildman–Crippen MR) is 217 cm³/mol. The first-order valence-electron chi connectivity index (χ1n) is 20.6. The van der Waals surface area contributed by atoms with Gasteiger partial charge in [0.15, 0.2) is 5.78 Å². The zero-order valence-electron chi connectivity index (χ0n) is 33.6. The van der Waals surface area contributed by atoms with Crippen molar-refractivity contribution >= 4 is 44.4 Å². The normalized spacial score (nSPS) is 21.6. The average molecular weight is 801 g/mol. The smallest absolute Gasteiger partial charge is 0.240 e. The molecule has 0 bridgehead atoms. The van der Waals surface area contributed by atoms with Crippen molar-refractivity contribution in [2.75, 3.05) is 26.7 Å². The SMILES string of the molecule is COc1ccc2c(O[C@@H]3C[C@@H](C(=O)CC4(C(=O)NS(=O)(=O)C5CC5)CCCC4)N(C(=O)[C@@H](CC(=O)N4CCCCC4)C(C)(C)C)C3)cc(-c3ccccc3)nc2c1. The maximum Gasteiger partial charge on any atom is 0.240 e. The molecule has 0 radical (unpaired) electrons. The van der Waals surface area contributed by atoms with Crippen LogP contribution in [0.1, 0.15) is 97.8 Å². The molecule has 2 aliphatic carbocycles. The van der Waals surface area contributed by atoms with Crippen molar-refractivity contribution < 1.29 is 37.1 Å². The first-order valence-corrected chi connectivity index (χ1v) is 22.1. The molecule has 306 valence electrons. The lowest BCUT2D eigenvalue weighted by Gasteiger charge is -2.37. The minimum atomic E-state index is -3.82. The van der Waals surface area contributed by atoms with Crippen molar-refractivity contribution in [1.29, 1.82) is 0 Å². The van der Waals surface area contributed by atoms with Gasteiger partial charge < -0.3 is 19.3 Å². The summed E-state index contributed by atoms with van der Waals surface area (Å²) in [5, 5.41) is 0.160. The number of ether oxygens (including phenoxy) is 2. The molecule has 1 aromatic heterocycles. The number of piperidine rings is 1. The molecule has 2 aliphatic heterocycles. The van der Waals surface area contributed by atoms with Gasteiger partial charge in [-0.05, 0) is 62.5 Å². The third-order valence-electron chi connectivity index (χ3n) is 12.4. The Morgan fingerprint density at radius 1 is 0.947 bits per heavy atom. The van der Waals surface area contributed by atoms with Gasteiger partial charge >= 0.3 is 0 Å². The van der Waals surface area contributed by atoms with Gasteiger partial charge in [-0.15, -0.1) is 0 Å². The number of methoxy groups -OCH3 is 1. The Morgan fingerprint density at radius 2 is 1.65 bits per heavy atom. The Hall–Kier alpha value is -4.52. The van der Waals surface area contributed by atoms with E-state index in [2.05, 4.69) is 4.72 Å². The summed E-state index contributed by atoms with van der Waals surface area (Å²) in [6.45, 7) is 7.27. The molecule has 0 unspecified atom stereocenters. The third-order valence-corrected chi connectivity index (χ3v) is 14.3. The van der Waals surface area contributed by atoms with E-state index in [-0.39, 0.29) is 43.4 Å². The van der Waals surface area contributed by atoms with Crippen LogP contribution in [0.5, 0.6) is 11.5 Å². The number of ketones is 1. The first-order chi connectivity index (χ1) is 27.2. The molecule has 13 heteroatoms. The highest BCUT2D eigenvalue weighted by Gasteiger charge is 2.51. The predicted octanol–water partition coefficient (Wildman–Crippen LogP) is 6.45. The van der Waals surface area contributed by atoms with Crippen LogP contribution in [0, 0.1) is 16.7 Å². The van der Waals surface area contributed by atoms with Crippen LogP contribution in [0.25, 0.3) is 22.2 Å². The molecule has 4 aliphatic rings. The summed E-state index contributed by atoms with van der Waals surface area (Å²) in [5.74, 6) is -0.841. The molecular formula is C44H56N4O8S. The number of hydrogen-bond donors (Lipinski definition) is 1. The number of sulfonamides is 1. The molecule has 3 aromatic rings. The fourth-order valence-corrected chi connectivity index (χ4v) is 10.3. The molecule has 2 saturated heterocycles. The van der Waals surface area contributed by atoms with Gasteiger partial charge in [0, 0.05) is 55.4 Å². The number of likely N-dealkylation sites (tertiary alicyclic amines) is 2. The molecule has 4 fully saturated rings. The average Bonchev–Trinajstić information content (AvgIpc) is 3.83. The van der Waals surface area contributed by atoms with Crippen LogP contribution in [0.15, 0.2) is 54.6 Å². The Bertz CT molecular complexity index is 2100. The molecule has 57 heavy (non-hydrogen) atoms. The van der Waals surface area contributed by atoms with E-state index in [0.29, 0.717) is 74.3 Å². The molecule has 12 nitrogen and oxygen atoms in total. The first kappa shape index (κ1) is 40.7. The van der Waals surface area contributed by atoms with Crippen LogP contribution in [-0.2, 0) is 29.2 Å². The van der Waals surface area contributed by atoms with Gasteiger partial charge in [0.1, 0.15) is 17.6 Å². The lowest BCUT2D eigenvalue weighted by atomic mass is 9.76. The van der Waals surface area contributed by atoms with Gasteiger partial charge in [0.05, 0.1) is 47.5 Å². The molecule has 2 aromatic carbocycles. The van der Waals surface area contributed by atoms with Crippen molar-refractivity contribution in [3.8, 4) is 22.8 Å². The lowest BCUT2D eigenvalue weighted by molar-refractivity contribution is -0.149. The fraction of sp³-hybridized carbons (Fsp3) is 0.568. The number of hydrogen-bond acceptors (Lipinski definition) is 9. The van der Waals surface area contributed by atoms with Crippen LogP contribution in [0.4, 0.5) is 0 Å². The van der Waals surface area contributed by atoms with Crippen molar-refractivity contribution in [1.82, 2.24) is 19.5 Å².